The zero-order chi connectivity index (χ0) is 16.2. The number of ether oxygens (including phenoxy) is 1. The predicted molar refractivity (Wildman–Crippen MR) is 79.6 cm³/mol. The molecule has 9 heteroatoms. The lowest BCUT2D eigenvalue weighted by Crippen LogP contribution is -2.34. The lowest BCUT2D eigenvalue weighted by atomic mass is 10.3. The van der Waals surface area contributed by atoms with Crippen molar-refractivity contribution in [1.29, 1.82) is 0 Å². The highest BCUT2D eigenvalue weighted by atomic mass is 35.5. The summed E-state index contributed by atoms with van der Waals surface area (Å²) in [5.41, 5.74) is 0.726. The van der Waals surface area contributed by atoms with Crippen molar-refractivity contribution in [2.45, 2.75) is 12.3 Å². The first kappa shape index (κ1) is 16.6. The monoisotopic (exact) mass is 347 g/mol. The van der Waals surface area contributed by atoms with Crippen molar-refractivity contribution in [3.05, 3.63) is 35.3 Å². The Bertz CT molecular complexity index is 634. The van der Waals surface area contributed by atoms with Crippen LogP contribution in [0, 0.1) is 0 Å². The molecule has 0 radical (unpaired) electrons. The highest BCUT2D eigenvalue weighted by molar-refractivity contribution is 7.13. The first-order chi connectivity index (χ1) is 10.4. The van der Waals surface area contributed by atoms with Crippen molar-refractivity contribution in [3.63, 3.8) is 0 Å². The summed E-state index contributed by atoms with van der Waals surface area (Å²) in [7, 11) is 0. The number of aromatic nitrogens is 2. The van der Waals surface area contributed by atoms with Gasteiger partial charge in [0, 0.05) is 12.2 Å². The normalized spacial score (nSPS) is 11.3. The molecule has 22 heavy (non-hydrogen) atoms. The van der Waals surface area contributed by atoms with Crippen LogP contribution in [0.2, 0.25) is 0 Å². The molecular formula is C13H12ClF2N3O2S. The Morgan fingerprint density at radius 1 is 1.36 bits per heavy atom. The number of hydrogen-bond acceptors (Lipinski definition) is 5. The van der Waals surface area contributed by atoms with Gasteiger partial charge in [-0.15, -0.1) is 5.10 Å². The Hall–Kier alpha value is -1.80. The number of hydrogen-bond donors (Lipinski definition) is 0. The zero-order valence-corrected chi connectivity index (χ0v) is 13.1. The van der Waals surface area contributed by atoms with Crippen molar-refractivity contribution in [2.24, 2.45) is 0 Å². The maximum atomic E-state index is 12.8. The van der Waals surface area contributed by atoms with E-state index in [1.54, 1.807) is 12.1 Å². The minimum absolute atomic E-state index is 0.132. The van der Waals surface area contributed by atoms with Crippen LogP contribution in [0.5, 0.6) is 5.19 Å². The number of halogens is 3. The summed E-state index contributed by atoms with van der Waals surface area (Å²) >= 11 is 5.33. The number of rotatable bonds is 6. The van der Waals surface area contributed by atoms with Gasteiger partial charge < -0.3 is 9.64 Å². The molecule has 118 valence electrons. The van der Waals surface area contributed by atoms with Crippen LogP contribution in [0.15, 0.2) is 30.3 Å². The third-order valence-corrected chi connectivity index (χ3v) is 3.85. The third-order valence-electron chi connectivity index (χ3n) is 2.65. The third kappa shape index (κ3) is 4.11. The molecule has 0 fully saturated rings. The standard InChI is InChI=1S/C13H12ClF2N3O2S/c1-2-19(9-6-4-3-5-7-9)10(20)8-21-12-18-17-11(22-12)13(14,15)16/h3-7H,2,8H2,1H3. The van der Waals surface area contributed by atoms with Gasteiger partial charge in [0.25, 0.3) is 11.1 Å². The Morgan fingerprint density at radius 2 is 2.05 bits per heavy atom. The Labute approximate surface area is 134 Å². The minimum Gasteiger partial charge on any atom is -0.459 e. The van der Waals surface area contributed by atoms with Gasteiger partial charge in [-0.3, -0.25) is 4.79 Å². The maximum Gasteiger partial charge on any atom is 0.376 e. The zero-order valence-electron chi connectivity index (χ0n) is 11.5. The van der Waals surface area contributed by atoms with Crippen LogP contribution in [0.3, 0.4) is 0 Å². The lowest BCUT2D eigenvalue weighted by molar-refractivity contribution is -0.120. The minimum atomic E-state index is -3.59. The predicted octanol–water partition coefficient (Wildman–Crippen LogP) is 3.26. The molecule has 0 bridgehead atoms. The summed E-state index contributed by atoms with van der Waals surface area (Å²) < 4.78 is 30.7. The molecule has 1 amide bonds. The number of para-hydroxylation sites is 1. The number of anilines is 1. The molecule has 0 saturated heterocycles. The molecule has 1 aromatic heterocycles. The van der Waals surface area contributed by atoms with Crippen LogP contribution >= 0.6 is 22.9 Å². The first-order valence-electron chi connectivity index (χ1n) is 6.30. The van der Waals surface area contributed by atoms with E-state index in [2.05, 4.69) is 10.2 Å². The Kier molecular flexibility index (Phi) is 5.25. The van der Waals surface area contributed by atoms with Crippen molar-refractivity contribution in [1.82, 2.24) is 10.2 Å². The first-order valence-corrected chi connectivity index (χ1v) is 7.50. The van der Waals surface area contributed by atoms with Gasteiger partial charge in [0.15, 0.2) is 6.61 Å². The smallest absolute Gasteiger partial charge is 0.376 e. The second-order valence-corrected chi connectivity index (χ2v) is 5.55. The van der Waals surface area contributed by atoms with Gasteiger partial charge >= 0.3 is 5.38 Å². The van der Waals surface area contributed by atoms with Crippen LogP contribution in [0.1, 0.15) is 11.9 Å². The van der Waals surface area contributed by atoms with E-state index in [0.29, 0.717) is 17.9 Å². The van der Waals surface area contributed by atoms with Crippen molar-refractivity contribution in [2.75, 3.05) is 18.1 Å². The molecule has 0 unspecified atom stereocenters. The Balaban J connectivity index is 1.98. The van der Waals surface area contributed by atoms with E-state index in [9.17, 15) is 13.6 Å². The van der Waals surface area contributed by atoms with E-state index >= 15 is 0 Å². The maximum absolute atomic E-state index is 12.8. The highest BCUT2D eigenvalue weighted by Gasteiger charge is 2.33. The fraction of sp³-hybridized carbons (Fsp3) is 0.308. The SMILES string of the molecule is CCN(C(=O)COc1nnc(C(F)(F)Cl)s1)c1ccccc1. The second kappa shape index (κ2) is 6.97. The largest absolute Gasteiger partial charge is 0.459 e. The molecule has 0 spiro atoms. The fourth-order valence-electron chi connectivity index (χ4n) is 1.69. The summed E-state index contributed by atoms with van der Waals surface area (Å²) in [5.74, 6) is -0.317. The van der Waals surface area contributed by atoms with E-state index in [-0.39, 0.29) is 17.7 Å². The average molecular weight is 348 g/mol. The van der Waals surface area contributed by atoms with Gasteiger partial charge in [-0.25, -0.2) is 0 Å². The number of amides is 1. The molecule has 2 rings (SSSR count). The van der Waals surface area contributed by atoms with E-state index < -0.39 is 10.4 Å². The topological polar surface area (TPSA) is 55.3 Å². The summed E-state index contributed by atoms with van der Waals surface area (Å²) in [6, 6.07) is 9.04. The van der Waals surface area contributed by atoms with Crippen LogP contribution in [0.4, 0.5) is 14.5 Å². The molecule has 0 atom stereocenters. The van der Waals surface area contributed by atoms with Gasteiger partial charge in [-0.05, 0) is 30.7 Å². The molecule has 2 aromatic rings. The van der Waals surface area contributed by atoms with Crippen molar-refractivity contribution < 1.29 is 18.3 Å². The fourth-order valence-corrected chi connectivity index (χ4v) is 2.41. The number of nitrogens with zero attached hydrogens (tertiary/aromatic N) is 3. The summed E-state index contributed by atoms with van der Waals surface area (Å²) in [5, 5.41) is 2.25. The number of likely N-dealkylation sites (N-methyl/N-ethyl adjacent to an activating group) is 1. The van der Waals surface area contributed by atoms with Crippen LogP contribution < -0.4 is 9.64 Å². The quantitative estimate of drug-likeness (QED) is 0.753. The Morgan fingerprint density at radius 3 is 2.59 bits per heavy atom. The lowest BCUT2D eigenvalue weighted by Gasteiger charge is -2.20. The van der Waals surface area contributed by atoms with Gasteiger partial charge in [0.1, 0.15) is 0 Å². The summed E-state index contributed by atoms with van der Waals surface area (Å²) in [6.45, 7) is 1.94. The molecule has 1 heterocycles. The van der Waals surface area contributed by atoms with E-state index in [1.807, 2.05) is 25.1 Å². The summed E-state index contributed by atoms with van der Waals surface area (Å²) in [4.78, 5) is 13.6. The molecule has 1 aromatic carbocycles. The molecule has 0 N–H and O–H groups in total. The number of carbonyl (C=O) groups excluding carboxylic acids is 1. The number of benzene rings is 1. The van der Waals surface area contributed by atoms with Crippen molar-refractivity contribution in [3.8, 4) is 5.19 Å². The highest BCUT2D eigenvalue weighted by Crippen LogP contribution is 2.36. The molecule has 5 nitrogen and oxygen atoms in total. The molecule has 0 aliphatic rings. The molecule has 0 aliphatic carbocycles. The van der Waals surface area contributed by atoms with Crippen LogP contribution in [-0.4, -0.2) is 29.3 Å². The van der Waals surface area contributed by atoms with Gasteiger partial charge in [-0.2, -0.15) is 8.78 Å². The molecule has 0 aliphatic heterocycles. The van der Waals surface area contributed by atoms with Crippen molar-refractivity contribution >= 4 is 34.5 Å². The second-order valence-electron chi connectivity index (χ2n) is 4.13. The molecular weight excluding hydrogens is 336 g/mol. The number of alkyl halides is 3. The van der Waals surface area contributed by atoms with Gasteiger partial charge in [0.2, 0.25) is 5.01 Å². The van der Waals surface area contributed by atoms with Gasteiger partial charge in [-0.1, -0.05) is 34.6 Å². The number of carbonyl (C=O) groups is 1. The molecule has 0 saturated carbocycles. The van der Waals surface area contributed by atoms with Gasteiger partial charge in [0.05, 0.1) is 0 Å². The van der Waals surface area contributed by atoms with E-state index in [0.717, 1.165) is 5.69 Å². The van der Waals surface area contributed by atoms with Crippen LogP contribution in [-0.2, 0) is 10.2 Å². The van der Waals surface area contributed by atoms with E-state index in [1.165, 1.54) is 4.90 Å². The van der Waals surface area contributed by atoms with E-state index in [4.69, 9.17) is 16.3 Å². The van der Waals surface area contributed by atoms with Crippen LogP contribution in [0.25, 0.3) is 0 Å². The average Bonchev–Trinajstić information content (AvgIpc) is 2.96. The summed E-state index contributed by atoms with van der Waals surface area (Å²) in [6.07, 6.45) is 0.